The Hall–Kier alpha value is -4.58. The van der Waals surface area contributed by atoms with Gasteiger partial charge in [0.15, 0.2) is 0 Å². The number of hydrogen-bond donors (Lipinski definition) is 1. The van der Waals surface area contributed by atoms with E-state index < -0.39 is 17.8 Å². The Labute approximate surface area is 207 Å². The molecule has 0 saturated carbocycles. The van der Waals surface area contributed by atoms with Gasteiger partial charge in [0.2, 0.25) is 0 Å². The summed E-state index contributed by atoms with van der Waals surface area (Å²) in [6.07, 6.45) is 1.78. The fraction of sp³-hybridized carbons (Fsp3) is 0.100. The first-order valence-corrected chi connectivity index (χ1v) is 11.6. The quantitative estimate of drug-likeness (QED) is 0.295. The second kappa shape index (κ2) is 9.23. The highest BCUT2D eigenvalue weighted by molar-refractivity contribution is 6.39. The number of nitrogens with zero attached hydrogens (tertiary/aromatic N) is 1. The molecule has 4 aromatic carbocycles. The SMILES string of the molecule is Cc1ccc(C)c(N2C(=O)NC(=O)/C(=C\c3c(Cc4ccccc4F)ccc4ccccc34)C2=O)c1. The summed E-state index contributed by atoms with van der Waals surface area (Å²) in [6, 6.07) is 22.6. The molecule has 0 bridgehead atoms. The van der Waals surface area contributed by atoms with E-state index in [0.717, 1.165) is 32.4 Å². The van der Waals surface area contributed by atoms with Gasteiger partial charge in [-0.3, -0.25) is 14.9 Å². The van der Waals surface area contributed by atoms with E-state index in [-0.39, 0.29) is 17.8 Å². The average Bonchev–Trinajstić information content (AvgIpc) is 2.86. The van der Waals surface area contributed by atoms with E-state index in [2.05, 4.69) is 5.32 Å². The summed E-state index contributed by atoms with van der Waals surface area (Å²) in [5.41, 5.74) is 3.73. The van der Waals surface area contributed by atoms with Crippen molar-refractivity contribution < 1.29 is 18.8 Å². The molecule has 5 nitrogen and oxygen atoms in total. The van der Waals surface area contributed by atoms with Crippen molar-refractivity contribution in [2.75, 3.05) is 4.90 Å². The Kier molecular flexibility index (Phi) is 5.94. The topological polar surface area (TPSA) is 66.5 Å². The molecular formula is C30H23FN2O3. The number of halogens is 1. The molecule has 0 unspecified atom stereocenters. The molecule has 1 aliphatic heterocycles. The van der Waals surface area contributed by atoms with E-state index in [0.29, 0.717) is 16.8 Å². The molecule has 0 radical (unpaired) electrons. The molecule has 5 rings (SSSR count). The van der Waals surface area contributed by atoms with Crippen molar-refractivity contribution in [2.24, 2.45) is 0 Å². The van der Waals surface area contributed by atoms with Crippen LogP contribution >= 0.6 is 0 Å². The number of urea groups is 1. The molecule has 1 N–H and O–H groups in total. The van der Waals surface area contributed by atoms with Gasteiger partial charge in [0.05, 0.1) is 5.69 Å². The van der Waals surface area contributed by atoms with E-state index in [4.69, 9.17) is 0 Å². The lowest BCUT2D eigenvalue weighted by atomic mass is 9.92. The third kappa shape index (κ3) is 4.18. The van der Waals surface area contributed by atoms with Crippen molar-refractivity contribution in [3.63, 3.8) is 0 Å². The van der Waals surface area contributed by atoms with E-state index in [9.17, 15) is 18.8 Å². The standard InChI is InChI=1S/C30H23FN2O3/c1-18-11-12-19(2)27(15-18)33-29(35)25(28(34)32-30(33)36)17-24-21(16-22-8-4-6-10-26(22)31)14-13-20-7-3-5-9-23(20)24/h3-15,17H,16H2,1-2H3,(H,32,34,36)/b25-17+. The fourth-order valence-electron chi connectivity index (χ4n) is 4.49. The number of benzene rings is 4. The summed E-state index contributed by atoms with van der Waals surface area (Å²) in [6.45, 7) is 3.66. The largest absolute Gasteiger partial charge is 0.335 e. The first-order valence-electron chi connectivity index (χ1n) is 11.6. The van der Waals surface area contributed by atoms with Crippen molar-refractivity contribution in [3.05, 3.63) is 118 Å². The molecule has 1 heterocycles. The predicted octanol–water partition coefficient (Wildman–Crippen LogP) is 5.85. The first kappa shape index (κ1) is 23.2. The lowest BCUT2D eigenvalue weighted by Gasteiger charge is -2.28. The van der Waals surface area contributed by atoms with Gasteiger partial charge in [-0.2, -0.15) is 0 Å². The summed E-state index contributed by atoms with van der Waals surface area (Å²) in [7, 11) is 0. The van der Waals surface area contributed by atoms with Crippen LogP contribution < -0.4 is 10.2 Å². The number of rotatable bonds is 4. The number of nitrogens with one attached hydrogen (secondary N) is 1. The molecule has 36 heavy (non-hydrogen) atoms. The first-order chi connectivity index (χ1) is 17.3. The zero-order valence-corrected chi connectivity index (χ0v) is 19.8. The maximum Gasteiger partial charge on any atom is 0.335 e. The molecule has 0 atom stereocenters. The van der Waals surface area contributed by atoms with E-state index in [1.165, 1.54) is 12.1 Å². The summed E-state index contributed by atoms with van der Waals surface area (Å²) >= 11 is 0. The predicted molar refractivity (Wildman–Crippen MR) is 138 cm³/mol. The molecule has 4 amide bonds. The minimum absolute atomic E-state index is 0.165. The van der Waals surface area contributed by atoms with Crippen LogP contribution in [0, 0.1) is 19.7 Å². The van der Waals surface area contributed by atoms with Crippen molar-refractivity contribution in [1.29, 1.82) is 0 Å². The van der Waals surface area contributed by atoms with Crippen molar-refractivity contribution in [3.8, 4) is 0 Å². The molecule has 1 aliphatic rings. The zero-order valence-electron chi connectivity index (χ0n) is 19.8. The summed E-state index contributed by atoms with van der Waals surface area (Å²) in [5.74, 6) is -1.80. The molecule has 0 spiro atoms. The number of hydrogen-bond acceptors (Lipinski definition) is 3. The highest BCUT2D eigenvalue weighted by Crippen LogP contribution is 2.30. The molecule has 4 aromatic rings. The number of anilines is 1. The number of amides is 4. The van der Waals surface area contributed by atoms with Gasteiger partial charge in [0, 0.05) is 6.42 Å². The van der Waals surface area contributed by atoms with Gasteiger partial charge in [-0.15, -0.1) is 0 Å². The Balaban J connectivity index is 1.67. The molecule has 0 aromatic heterocycles. The minimum Gasteiger partial charge on any atom is -0.273 e. The van der Waals surface area contributed by atoms with E-state index in [1.807, 2.05) is 55.5 Å². The lowest BCUT2D eigenvalue weighted by molar-refractivity contribution is -0.122. The Bertz CT molecular complexity index is 1590. The number of carbonyl (C=O) groups excluding carboxylic acids is 3. The Morgan fingerprint density at radius 2 is 1.61 bits per heavy atom. The van der Waals surface area contributed by atoms with Crippen molar-refractivity contribution >= 4 is 40.4 Å². The second-order valence-corrected chi connectivity index (χ2v) is 8.88. The summed E-state index contributed by atoms with van der Waals surface area (Å²) < 4.78 is 14.5. The number of imide groups is 2. The highest BCUT2D eigenvalue weighted by atomic mass is 19.1. The molecule has 178 valence electrons. The highest BCUT2D eigenvalue weighted by Gasteiger charge is 2.37. The van der Waals surface area contributed by atoms with Gasteiger partial charge in [0.25, 0.3) is 11.8 Å². The lowest BCUT2D eigenvalue weighted by Crippen LogP contribution is -2.54. The molecular weight excluding hydrogens is 455 g/mol. The van der Waals surface area contributed by atoms with Crippen LogP contribution in [-0.4, -0.2) is 17.8 Å². The van der Waals surface area contributed by atoms with Gasteiger partial charge in [-0.05, 0) is 70.6 Å². The fourth-order valence-corrected chi connectivity index (χ4v) is 4.49. The maximum absolute atomic E-state index is 14.5. The zero-order chi connectivity index (χ0) is 25.4. The number of fused-ring (bicyclic) bond motifs is 1. The maximum atomic E-state index is 14.5. The van der Waals surface area contributed by atoms with Crippen molar-refractivity contribution in [2.45, 2.75) is 20.3 Å². The third-order valence-corrected chi connectivity index (χ3v) is 6.40. The molecule has 1 saturated heterocycles. The number of carbonyl (C=O) groups is 3. The second-order valence-electron chi connectivity index (χ2n) is 8.88. The Morgan fingerprint density at radius 3 is 2.42 bits per heavy atom. The van der Waals surface area contributed by atoms with Crippen LogP contribution in [0.2, 0.25) is 0 Å². The van der Waals surface area contributed by atoms with Gasteiger partial charge in [-0.1, -0.05) is 66.7 Å². The average molecular weight is 479 g/mol. The third-order valence-electron chi connectivity index (χ3n) is 6.40. The van der Waals surface area contributed by atoms with Crippen LogP contribution in [-0.2, 0) is 16.0 Å². The van der Waals surface area contributed by atoms with Crippen LogP contribution in [0.3, 0.4) is 0 Å². The van der Waals surface area contributed by atoms with Gasteiger partial charge in [0.1, 0.15) is 11.4 Å². The van der Waals surface area contributed by atoms with Crippen LogP contribution in [0.1, 0.15) is 27.8 Å². The van der Waals surface area contributed by atoms with Crippen LogP contribution in [0.15, 0.2) is 84.4 Å². The van der Waals surface area contributed by atoms with E-state index >= 15 is 0 Å². The monoisotopic (exact) mass is 478 g/mol. The summed E-state index contributed by atoms with van der Waals surface area (Å²) in [4.78, 5) is 40.2. The van der Waals surface area contributed by atoms with Gasteiger partial charge < -0.3 is 0 Å². The van der Waals surface area contributed by atoms with Crippen LogP contribution in [0.25, 0.3) is 16.8 Å². The molecule has 1 fully saturated rings. The number of barbiturate groups is 1. The number of aryl methyl sites for hydroxylation is 2. The molecule has 0 aliphatic carbocycles. The molecule has 6 heteroatoms. The summed E-state index contributed by atoms with van der Waals surface area (Å²) in [5, 5.41) is 4.03. The van der Waals surface area contributed by atoms with E-state index in [1.54, 1.807) is 31.2 Å². The van der Waals surface area contributed by atoms with Gasteiger partial charge >= 0.3 is 6.03 Å². The Morgan fingerprint density at radius 1 is 0.861 bits per heavy atom. The van der Waals surface area contributed by atoms with Crippen LogP contribution in [0.4, 0.5) is 14.9 Å². The van der Waals surface area contributed by atoms with Crippen LogP contribution in [0.5, 0.6) is 0 Å². The van der Waals surface area contributed by atoms with Gasteiger partial charge in [-0.25, -0.2) is 14.1 Å². The normalized spacial score (nSPS) is 15.0. The van der Waals surface area contributed by atoms with Crippen molar-refractivity contribution in [1.82, 2.24) is 5.32 Å². The minimum atomic E-state index is -0.791. The smallest absolute Gasteiger partial charge is 0.273 e.